The Hall–Kier alpha value is 0.0600. The molecule has 1 aliphatic heterocycles. The van der Waals surface area contributed by atoms with Crippen molar-refractivity contribution >= 4 is 14.1 Å². The maximum Gasteiger partial charge on any atom is 0.154 e. The Morgan fingerprint density at radius 3 is 2.71 bits per heavy atom. The molecule has 0 bridgehead atoms. The molecule has 7 heavy (non-hydrogen) atoms. The maximum absolute atomic E-state index is 10.3. The highest BCUT2D eigenvalue weighted by molar-refractivity contribution is 7.58. The molecule has 40 valence electrons. The molecule has 0 spiro atoms. The van der Waals surface area contributed by atoms with Crippen molar-refractivity contribution < 1.29 is 9.90 Å². The normalized spacial score (nSPS) is 35.0. The number of aliphatic hydroxyl groups excluding tert-OH is 1. The monoisotopic (exact) mass is 118 g/mol. The third-order valence-electron chi connectivity index (χ3n) is 0.956. The summed E-state index contributed by atoms with van der Waals surface area (Å²) in [5.74, 6) is 0. The SMILES string of the molecule is O=C1CC(O)CP1. The Bertz CT molecular complexity index is 91.7. The van der Waals surface area contributed by atoms with Crippen molar-refractivity contribution in [3.05, 3.63) is 0 Å². The summed E-state index contributed by atoms with van der Waals surface area (Å²) < 4.78 is 0. The zero-order chi connectivity index (χ0) is 5.28. The van der Waals surface area contributed by atoms with Gasteiger partial charge in [-0.15, -0.1) is 0 Å². The first-order valence-electron chi connectivity index (χ1n) is 2.24. The minimum Gasteiger partial charge on any atom is -0.392 e. The summed E-state index contributed by atoms with van der Waals surface area (Å²) in [6.07, 6.45) is 0.794. The third kappa shape index (κ3) is 1.22. The van der Waals surface area contributed by atoms with Crippen LogP contribution in [0.25, 0.3) is 0 Å². The second-order valence-electron chi connectivity index (χ2n) is 1.66. The fourth-order valence-corrected chi connectivity index (χ4v) is 1.58. The molecule has 0 aromatic heterocycles. The Morgan fingerprint density at radius 2 is 2.57 bits per heavy atom. The summed E-state index contributed by atoms with van der Waals surface area (Å²) in [5.41, 5.74) is 0.229. The zero-order valence-corrected chi connectivity index (χ0v) is 4.85. The quantitative estimate of drug-likeness (QED) is 0.453. The Balaban J connectivity index is 2.40. The number of hydrogen-bond acceptors (Lipinski definition) is 2. The van der Waals surface area contributed by atoms with Gasteiger partial charge < -0.3 is 5.11 Å². The van der Waals surface area contributed by atoms with E-state index in [0.29, 0.717) is 21.2 Å². The molecule has 0 aromatic carbocycles. The third-order valence-corrected chi connectivity index (χ3v) is 2.23. The minimum atomic E-state index is -0.314. The maximum atomic E-state index is 10.3. The molecule has 1 N–H and O–H groups in total. The molecule has 2 nitrogen and oxygen atoms in total. The van der Waals surface area contributed by atoms with Crippen molar-refractivity contribution in [2.45, 2.75) is 12.5 Å². The smallest absolute Gasteiger partial charge is 0.154 e. The number of rotatable bonds is 0. The Labute approximate surface area is 43.7 Å². The van der Waals surface area contributed by atoms with Crippen LogP contribution >= 0.6 is 8.58 Å². The van der Waals surface area contributed by atoms with E-state index in [1.807, 2.05) is 0 Å². The highest BCUT2D eigenvalue weighted by atomic mass is 31.1. The van der Waals surface area contributed by atoms with Gasteiger partial charge in [-0.05, 0) is 14.7 Å². The number of carbonyl (C=O) groups is 1. The molecule has 1 heterocycles. The highest BCUT2D eigenvalue weighted by Gasteiger charge is 2.18. The van der Waals surface area contributed by atoms with Crippen LogP contribution in [0.4, 0.5) is 0 Å². The van der Waals surface area contributed by atoms with E-state index < -0.39 is 0 Å². The van der Waals surface area contributed by atoms with Crippen LogP contribution in [-0.2, 0) is 4.79 Å². The summed E-state index contributed by atoms with van der Waals surface area (Å²) in [7, 11) is 0.374. The molecule has 0 saturated carbocycles. The average molecular weight is 118 g/mol. The summed E-state index contributed by atoms with van der Waals surface area (Å²) in [4.78, 5) is 10.3. The predicted molar refractivity (Wildman–Crippen MR) is 28.8 cm³/mol. The van der Waals surface area contributed by atoms with Crippen molar-refractivity contribution in [2.24, 2.45) is 0 Å². The summed E-state index contributed by atoms with van der Waals surface area (Å²) in [6.45, 7) is 0. The van der Waals surface area contributed by atoms with Crippen LogP contribution in [0.1, 0.15) is 6.42 Å². The van der Waals surface area contributed by atoms with E-state index in [1.165, 1.54) is 0 Å². The second-order valence-corrected chi connectivity index (χ2v) is 2.98. The zero-order valence-electron chi connectivity index (χ0n) is 3.85. The van der Waals surface area contributed by atoms with E-state index in [2.05, 4.69) is 0 Å². The molecule has 1 aliphatic rings. The van der Waals surface area contributed by atoms with E-state index >= 15 is 0 Å². The van der Waals surface area contributed by atoms with Gasteiger partial charge in [-0.25, -0.2) is 0 Å². The largest absolute Gasteiger partial charge is 0.392 e. The molecule has 0 aliphatic carbocycles. The van der Waals surface area contributed by atoms with Gasteiger partial charge in [0.25, 0.3) is 0 Å². The van der Waals surface area contributed by atoms with Crippen LogP contribution in [0.3, 0.4) is 0 Å². The minimum absolute atomic E-state index is 0.229. The Kier molecular flexibility index (Phi) is 1.40. The van der Waals surface area contributed by atoms with E-state index in [-0.39, 0.29) is 11.6 Å². The topological polar surface area (TPSA) is 37.3 Å². The fourth-order valence-electron chi connectivity index (χ4n) is 0.590. The lowest BCUT2D eigenvalue weighted by atomic mass is 10.3. The van der Waals surface area contributed by atoms with Crippen molar-refractivity contribution in [3.8, 4) is 0 Å². The standard InChI is InChI=1S/C4H7O2P/c5-3-1-4(6)7-2-3/h3,5,7H,1-2H2. The van der Waals surface area contributed by atoms with Gasteiger partial charge in [0.05, 0.1) is 6.10 Å². The van der Waals surface area contributed by atoms with Gasteiger partial charge in [-0.2, -0.15) is 0 Å². The van der Waals surface area contributed by atoms with Gasteiger partial charge in [0.1, 0.15) is 0 Å². The van der Waals surface area contributed by atoms with Crippen LogP contribution in [0, 0.1) is 0 Å². The van der Waals surface area contributed by atoms with Crippen LogP contribution < -0.4 is 0 Å². The molecule has 3 heteroatoms. The lowest BCUT2D eigenvalue weighted by molar-refractivity contribution is -0.111. The molecular weight excluding hydrogens is 111 g/mol. The average Bonchev–Trinajstić information content (AvgIpc) is 1.87. The molecule has 0 radical (unpaired) electrons. The van der Waals surface area contributed by atoms with Crippen LogP contribution in [0.2, 0.25) is 0 Å². The van der Waals surface area contributed by atoms with Crippen molar-refractivity contribution in [1.29, 1.82) is 0 Å². The van der Waals surface area contributed by atoms with Crippen LogP contribution in [0.5, 0.6) is 0 Å². The van der Waals surface area contributed by atoms with Crippen molar-refractivity contribution in [3.63, 3.8) is 0 Å². The van der Waals surface area contributed by atoms with Gasteiger partial charge in [0.2, 0.25) is 0 Å². The van der Waals surface area contributed by atoms with Gasteiger partial charge >= 0.3 is 0 Å². The predicted octanol–water partition coefficient (Wildman–Crippen LogP) is -0.0439. The number of hydrogen-bond donors (Lipinski definition) is 1. The summed E-state index contributed by atoms with van der Waals surface area (Å²) in [6, 6.07) is 0. The molecule has 0 amide bonds. The van der Waals surface area contributed by atoms with Gasteiger partial charge in [0.15, 0.2) is 5.52 Å². The first-order valence-corrected chi connectivity index (χ1v) is 3.44. The van der Waals surface area contributed by atoms with Crippen LogP contribution in [0.15, 0.2) is 0 Å². The summed E-state index contributed by atoms with van der Waals surface area (Å²) >= 11 is 0. The lowest BCUT2D eigenvalue weighted by Crippen LogP contribution is -2.02. The van der Waals surface area contributed by atoms with E-state index in [4.69, 9.17) is 5.11 Å². The number of aliphatic hydroxyl groups is 1. The van der Waals surface area contributed by atoms with Crippen molar-refractivity contribution in [2.75, 3.05) is 6.16 Å². The lowest BCUT2D eigenvalue weighted by Gasteiger charge is -1.89. The summed E-state index contributed by atoms with van der Waals surface area (Å²) in [5, 5.41) is 8.69. The van der Waals surface area contributed by atoms with E-state index in [0.717, 1.165) is 0 Å². The van der Waals surface area contributed by atoms with E-state index in [9.17, 15) is 4.79 Å². The second kappa shape index (κ2) is 1.89. The molecule has 1 fully saturated rings. The van der Waals surface area contributed by atoms with Crippen molar-refractivity contribution in [1.82, 2.24) is 0 Å². The van der Waals surface area contributed by atoms with Gasteiger partial charge in [-0.3, -0.25) is 4.79 Å². The molecule has 0 aromatic rings. The molecular formula is C4H7O2P. The molecule has 1 rings (SSSR count). The fraction of sp³-hybridized carbons (Fsp3) is 0.750. The van der Waals surface area contributed by atoms with Gasteiger partial charge in [0, 0.05) is 6.42 Å². The highest BCUT2D eigenvalue weighted by Crippen LogP contribution is 2.25. The molecule has 1 saturated heterocycles. The van der Waals surface area contributed by atoms with Gasteiger partial charge in [-0.1, -0.05) is 0 Å². The Morgan fingerprint density at radius 1 is 1.86 bits per heavy atom. The number of carbonyl (C=O) groups excluding carboxylic acids is 1. The van der Waals surface area contributed by atoms with E-state index in [1.54, 1.807) is 0 Å². The van der Waals surface area contributed by atoms with Crippen LogP contribution in [-0.4, -0.2) is 22.9 Å². The molecule has 2 atom stereocenters. The molecule has 2 unspecified atom stereocenters. The first kappa shape index (κ1) is 5.20. The first-order chi connectivity index (χ1) is 3.29.